The van der Waals surface area contributed by atoms with Gasteiger partial charge in [0.05, 0.1) is 5.66 Å². The normalized spacial score (nSPS) is 16.6. The summed E-state index contributed by atoms with van der Waals surface area (Å²) in [6.07, 6.45) is 0.443. The molecule has 3 unspecified atom stereocenters. The third-order valence-corrected chi connectivity index (χ3v) is 6.27. The van der Waals surface area contributed by atoms with Crippen LogP contribution in [0.4, 0.5) is 0 Å². The Labute approximate surface area is 133 Å². The van der Waals surface area contributed by atoms with Crippen molar-refractivity contribution in [3.8, 4) is 0 Å². The van der Waals surface area contributed by atoms with E-state index in [-0.39, 0.29) is 0 Å². The smallest absolute Gasteiger partial charge is 0.325 e. The lowest BCUT2D eigenvalue weighted by Crippen LogP contribution is -2.27. The molecular formula is C15H18NO4PS. The zero-order chi connectivity index (χ0) is 16.2. The number of aliphatic carboxylic acids is 1. The van der Waals surface area contributed by atoms with Crippen molar-refractivity contribution in [2.45, 2.75) is 25.0 Å². The third kappa shape index (κ3) is 3.84. The molecule has 0 amide bonds. The van der Waals surface area contributed by atoms with Gasteiger partial charge in [-0.05, 0) is 34.4 Å². The van der Waals surface area contributed by atoms with E-state index in [4.69, 9.17) is 0 Å². The quantitative estimate of drug-likeness (QED) is 0.668. The van der Waals surface area contributed by atoms with Crippen LogP contribution in [0.25, 0.3) is 0 Å². The van der Waals surface area contributed by atoms with Crippen molar-refractivity contribution >= 4 is 24.8 Å². The molecule has 7 heteroatoms. The van der Waals surface area contributed by atoms with E-state index >= 15 is 0 Å². The minimum atomic E-state index is -3.89. The fourth-order valence-corrected chi connectivity index (χ4v) is 5.03. The van der Waals surface area contributed by atoms with Gasteiger partial charge in [-0.25, -0.2) is 5.09 Å². The van der Waals surface area contributed by atoms with Gasteiger partial charge >= 0.3 is 5.97 Å². The van der Waals surface area contributed by atoms with Gasteiger partial charge in [-0.2, -0.15) is 11.3 Å². The first-order chi connectivity index (χ1) is 10.5. The second-order valence-electron chi connectivity index (χ2n) is 4.91. The lowest BCUT2D eigenvalue weighted by atomic mass is 10.1. The highest BCUT2D eigenvalue weighted by molar-refractivity contribution is 7.56. The molecule has 0 fully saturated rings. The van der Waals surface area contributed by atoms with E-state index in [1.165, 1.54) is 11.3 Å². The van der Waals surface area contributed by atoms with Crippen molar-refractivity contribution in [1.82, 2.24) is 5.09 Å². The molecule has 5 nitrogen and oxygen atoms in total. The van der Waals surface area contributed by atoms with Crippen molar-refractivity contribution in [2.24, 2.45) is 0 Å². The fraction of sp³-hybridized carbons (Fsp3) is 0.267. The number of carboxylic acid groups (broad SMARTS) is 1. The summed E-state index contributed by atoms with van der Waals surface area (Å²) in [5.74, 6) is -1.18. The predicted molar refractivity (Wildman–Crippen MR) is 87.1 cm³/mol. The molecule has 1 heterocycles. The van der Waals surface area contributed by atoms with Gasteiger partial charge in [0, 0.05) is 0 Å². The lowest BCUT2D eigenvalue weighted by molar-refractivity contribution is -0.139. The first-order valence-corrected chi connectivity index (χ1v) is 9.53. The number of thiophene rings is 1. The third-order valence-electron chi connectivity index (χ3n) is 3.43. The maximum atomic E-state index is 12.7. The van der Waals surface area contributed by atoms with E-state index in [9.17, 15) is 19.4 Å². The summed E-state index contributed by atoms with van der Waals surface area (Å²) in [6.45, 7) is 1.81. The standard InChI is InChI=1S/C15H18NO4PS/c1-2-13(12-8-9-22-10-12)21(19,20)16-14(15(17)18)11-6-4-3-5-7-11/h3-10,13-14H,2H2,1H3,(H,17,18)(H2,16,19,20). The Morgan fingerprint density at radius 2 is 1.95 bits per heavy atom. The molecule has 0 bridgehead atoms. The summed E-state index contributed by atoms with van der Waals surface area (Å²) in [5.41, 5.74) is 0.580. The van der Waals surface area contributed by atoms with Crippen molar-refractivity contribution < 1.29 is 19.4 Å². The summed E-state index contributed by atoms with van der Waals surface area (Å²) < 4.78 is 12.7. The molecule has 2 rings (SSSR count). The van der Waals surface area contributed by atoms with Crippen LogP contribution in [0, 0.1) is 0 Å². The molecule has 0 saturated heterocycles. The van der Waals surface area contributed by atoms with E-state index in [1.807, 2.05) is 17.7 Å². The second kappa shape index (κ2) is 7.20. The van der Waals surface area contributed by atoms with Crippen LogP contribution in [0.1, 0.15) is 36.2 Å². The van der Waals surface area contributed by atoms with E-state index in [2.05, 4.69) is 5.09 Å². The monoisotopic (exact) mass is 339 g/mol. The van der Waals surface area contributed by atoms with Gasteiger partial charge in [0.2, 0.25) is 0 Å². The van der Waals surface area contributed by atoms with Gasteiger partial charge in [0.1, 0.15) is 6.04 Å². The number of hydrogen-bond donors (Lipinski definition) is 3. The Kier molecular flexibility index (Phi) is 5.53. The highest BCUT2D eigenvalue weighted by Crippen LogP contribution is 2.55. The molecule has 0 saturated carbocycles. The van der Waals surface area contributed by atoms with Crippen LogP contribution in [0.3, 0.4) is 0 Å². The van der Waals surface area contributed by atoms with Gasteiger partial charge in [-0.1, -0.05) is 37.3 Å². The molecular weight excluding hydrogens is 321 g/mol. The minimum absolute atomic E-state index is 0.443. The van der Waals surface area contributed by atoms with E-state index in [1.54, 1.807) is 36.4 Å². The lowest BCUT2D eigenvalue weighted by Gasteiger charge is -2.25. The first-order valence-electron chi connectivity index (χ1n) is 6.85. The number of carboxylic acids is 1. The van der Waals surface area contributed by atoms with Crippen LogP contribution in [0.2, 0.25) is 0 Å². The summed E-state index contributed by atoms with van der Waals surface area (Å²) in [5, 5.41) is 15.5. The largest absolute Gasteiger partial charge is 0.480 e. The average molecular weight is 339 g/mol. The van der Waals surface area contributed by atoms with Crippen molar-refractivity contribution in [1.29, 1.82) is 0 Å². The summed E-state index contributed by atoms with van der Waals surface area (Å²) in [4.78, 5) is 21.9. The number of hydrogen-bond acceptors (Lipinski definition) is 3. The van der Waals surface area contributed by atoms with Crippen LogP contribution in [-0.2, 0) is 9.36 Å². The van der Waals surface area contributed by atoms with Gasteiger partial charge in [-0.15, -0.1) is 0 Å². The molecule has 0 aliphatic rings. The summed E-state index contributed by atoms with van der Waals surface area (Å²) in [7, 11) is -3.89. The van der Waals surface area contributed by atoms with Crippen molar-refractivity contribution in [3.63, 3.8) is 0 Å². The molecule has 22 heavy (non-hydrogen) atoms. The maximum Gasteiger partial charge on any atom is 0.325 e. The SMILES string of the molecule is CCC(c1ccsc1)P(=O)(O)NC(C(=O)O)c1ccccc1. The fourth-order valence-electron chi connectivity index (χ4n) is 2.34. The molecule has 0 radical (unpaired) electrons. The molecule has 3 atom stereocenters. The van der Waals surface area contributed by atoms with Crippen LogP contribution in [-0.4, -0.2) is 16.0 Å². The van der Waals surface area contributed by atoms with Crippen LogP contribution < -0.4 is 5.09 Å². The number of benzene rings is 1. The number of rotatable bonds is 7. The number of nitrogens with one attached hydrogen (secondary N) is 1. The molecule has 2 aromatic rings. The second-order valence-corrected chi connectivity index (χ2v) is 7.82. The summed E-state index contributed by atoms with van der Waals surface area (Å²) in [6, 6.07) is 8.98. The van der Waals surface area contributed by atoms with Crippen molar-refractivity contribution in [3.05, 3.63) is 58.3 Å². The van der Waals surface area contributed by atoms with Gasteiger partial charge in [-0.3, -0.25) is 9.36 Å². The van der Waals surface area contributed by atoms with Crippen LogP contribution in [0.15, 0.2) is 47.2 Å². The molecule has 118 valence electrons. The van der Waals surface area contributed by atoms with Gasteiger partial charge < -0.3 is 10.00 Å². The van der Waals surface area contributed by atoms with Gasteiger partial charge in [0.15, 0.2) is 0 Å². The van der Waals surface area contributed by atoms with Crippen molar-refractivity contribution in [2.75, 3.05) is 0 Å². The Balaban J connectivity index is 2.28. The number of carbonyl (C=O) groups is 1. The Morgan fingerprint density at radius 3 is 2.45 bits per heavy atom. The van der Waals surface area contributed by atoms with E-state index < -0.39 is 25.2 Å². The molecule has 0 spiro atoms. The zero-order valence-corrected chi connectivity index (χ0v) is 13.8. The van der Waals surface area contributed by atoms with Crippen LogP contribution >= 0.6 is 18.9 Å². The highest BCUT2D eigenvalue weighted by Gasteiger charge is 2.36. The molecule has 1 aromatic carbocycles. The summed E-state index contributed by atoms with van der Waals surface area (Å²) >= 11 is 1.44. The van der Waals surface area contributed by atoms with E-state index in [0.717, 1.165) is 5.56 Å². The maximum absolute atomic E-state index is 12.7. The Morgan fingerprint density at radius 1 is 1.27 bits per heavy atom. The minimum Gasteiger partial charge on any atom is -0.480 e. The molecule has 3 N–H and O–H groups in total. The Bertz CT molecular complexity index is 659. The molecule has 1 aromatic heterocycles. The average Bonchev–Trinajstić information content (AvgIpc) is 3.00. The van der Waals surface area contributed by atoms with E-state index in [0.29, 0.717) is 12.0 Å². The highest BCUT2D eigenvalue weighted by atomic mass is 32.1. The topological polar surface area (TPSA) is 86.6 Å². The van der Waals surface area contributed by atoms with Crippen LogP contribution in [0.5, 0.6) is 0 Å². The van der Waals surface area contributed by atoms with Gasteiger partial charge in [0.25, 0.3) is 7.52 Å². The first kappa shape index (κ1) is 16.9. The zero-order valence-electron chi connectivity index (χ0n) is 12.0. The molecule has 0 aliphatic carbocycles. The molecule has 0 aliphatic heterocycles. The predicted octanol–water partition coefficient (Wildman–Crippen LogP) is 3.80. The Hall–Kier alpha value is -1.46.